The Kier molecular flexibility index (Phi) is 5.86. The van der Waals surface area contributed by atoms with Crippen LogP contribution in [0.1, 0.15) is 16.7 Å². The SMILES string of the molecule is COc1cc(/C=C(\C#N)C(=O)Nc2ccc(C)cc2C)cc(OC)c1O. The van der Waals surface area contributed by atoms with E-state index in [-0.39, 0.29) is 22.8 Å². The van der Waals surface area contributed by atoms with Crippen molar-refractivity contribution >= 4 is 17.7 Å². The number of carbonyl (C=O) groups excluding carboxylic acids is 1. The molecule has 26 heavy (non-hydrogen) atoms. The lowest BCUT2D eigenvalue weighted by atomic mass is 10.1. The summed E-state index contributed by atoms with van der Waals surface area (Å²) in [7, 11) is 2.81. The standard InChI is InChI=1S/C20H20N2O4/c1-12-5-6-16(13(2)7-12)22-20(24)15(11-21)8-14-9-17(25-3)19(23)18(10-14)26-4/h5-10,23H,1-4H3,(H,22,24)/b15-8+. The molecule has 0 unspecified atom stereocenters. The number of amides is 1. The summed E-state index contributed by atoms with van der Waals surface area (Å²) in [4.78, 5) is 12.4. The predicted octanol–water partition coefficient (Wildman–Crippen LogP) is 3.57. The average Bonchev–Trinajstić information content (AvgIpc) is 2.62. The van der Waals surface area contributed by atoms with Gasteiger partial charge in [0.15, 0.2) is 11.5 Å². The van der Waals surface area contributed by atoms with E-state index in [2.05, 4.69) is 5.32 Å². The van der Waals surface area contributed by atoms with Gasteiger partial charge in [0.1, 0.15) is 11.6 Å². The van der Waals surface area contributed by atoms with E-state index in [1.807, 2.05) is 32.0 Å². The van der Waals surface area contributed by atoms with Crippen molar-refractivity contribution in [3.05, 3.63) is 52.6 Å². The van der Waals surface area contributed by atoms with E-state index in [1.165, 1.54) is 32.4 Å². The highest BCUT2D eigenvalue weighted by molar-refractivity contribution is 6.10. The third kappa shape index (κ3) is 4.14. The lowest BCUT2D eigenvalue weighted by Crippen LogP contribution is -2.14. The number of methoxy groups -OCH3 is 2. The van der Waals surface area contributed by atoms with Crippen LogP contribution in [0.25, 0.3) is 6.08 Å². The highest BCUT2D eigenvalue weighted by Gasteiger charge is 2.14. The fraction of sp³-hybridized carbons (Fsp3) is 0.200. The fourth-order valence-corrected chi connectivity index (χ4v) is 2.46. The lowest BCUT2D eigenvalue weighted by molar-refractivity contribution is -0.112. The van der Waals surface area contributed by atoms with E-state index < -0.39 is 5.91 Å². The Morgan fingerprint density at radius 1 is 1.15 bits per heavy atom. The van der Waals surface area contributed by atoms with Crippen molar-refractivity contribution in [2.45, 2.75) is 13.8 Å². The third-order valence-electron chi connectivity index (χ3n) is 3.81. The minimum absolute atomic E-state index is 0.0835. The number of aryl methyl sites for hydroxylation is 2. The number of aromatic hydroxyl groups is 1. The molecule has 0 spiro atoms. The number of hydrogen-bond donors (Lipinski definition) is 2. The first-order valence-electron chi connectivity index (χ1n) is 7.85. The zero-order valence-corrected chi connectivity index (χ0v) is 15.1. The molecule has 0 saturated heterocycles. The van der Waals surface area contributed by atoms with Crippen LogP contribution in [0, 0.1) is 25.2 Å². The van der Waals surface area contributed by atoms with Crippen molar-refractivity contribution in [3.8, 4) is 23.3 Å². The van der Waals surface area contributed by atoms with Gasteiger partial charge in [-0.2, -0.15) is 5.26 Å². The molecule has 0 fully saturated rings. The normalized spacial score (nSPS) is 10.8. The minimum atomic E-state index is -0.523. The predicted molar refractivity (Wildman–Crippen MR) is 99.3 cm³/mol. The van der Waals surface area contributed by atoms with Crippen LogP contribution >= 0.6 is 0 Å². The second kappa shape index (κ2) is 8.08. The molecule has 6 nitrogen and oxygen atoms in total. The van der Waals surface area contributed by atoms with E-state index >= 15 is 0 Å². The van der Waals surface area contributed by atoms with Crippen molar-refractivity contribution < 1.29 is 19.4 Å². The van der Waals surface area contributed by atoms with Gasteiger partial charge in [-0.25, -0.2) is 0 Å². The summed E-state index contributed by atoms with van der Waals surface area (Å²) in [6.07, 6.45) is 1.41. The Morgan fingerprint density at radius 2 is 1.77 bits per heavy atom. The Morgan fingerprint density at radius 3 is 2.27 bits per heavy atom. The van der Waals surface area contributed by atoms with Crippen LogP contribution < -0.4 is 14.8 Å². The number of phenolic OH excluding ortho intramolecular Hbond substituents is 1. The molecular weight excluding hydrogens is 332 g/mol. The summed E-state index contributed by atoms with van der Waals surface area (Å²) >= 11 is 0. The summed E-state index contributed by atoms with van der Waals surface area (Å²) in [6, 6.07) is 10.5. The number of benzene rings is 2. The van der Waals surface area contributed by atoms with Crippen molar-refractivity contribution in [1.29, 1.82) is 5.26 Å². The first-order chi connectivity index (χ1) is 12.4. The van der Waals surface area contributed by atoms with Gasteiger partial charge in [0, 0.05) is 5.69 Å². The minimum Gasteiger partial charge on any atom is -0.502 e. The smallest absolute Gasteiger partial charge is 0.266 e. The molecule has 2 aromatic carbocycles. The molecule has 0 saturated carbocycles. The Bertz CT molecular complexity index is 886. The van der Waals surface area contributed by atoms with Crippen LogP contribution in [0.3, 0.4) is 0 Å². The van der Waals surface area contributed by atoms with Gasteiger partial charge in [-0.3, -0.25) is 4.79 Å². The molecule has 134 valence electrons. The van der Waals surface area contributed by atoms with Crippen LogP contribution in [-0.4, -0.2) is 25.2 Å². The third-order valence-corrected chi connectivity index (χ3v) is 3.81. The van der Waals surface area contributed by atoms with Gasteiger partial charge in [0.25, 0.3) is 5.91 Å². The molecule has 0 atom stereocenters. The molecule has 1 amide bonds. The van der Waals surface area contributed by atoms with Gasteiger partial charge in [-0.15, -0.1) is 0 Å². The lowest BCUT2D eigenvalue weighted by Gasteiger charge is -2.10. The number of nitrogens with one attached hydrogen (secondary N) is 1. The second-order valence-electron chi connectivity index (χ2n) is 5.72. The number of carbonyl (C=O) groups is 1. The quantitative estimate of drug-likeness (QED) is 0.634. The van der Waals surface area contributed by atoms with Gasteiger partial charge in [0.2, 0.25) is 5.75 Å². The van der Waals surface area contributed by atoms with Gasteiger partial charge >= 0.3 is 0 Å². The topological polar surface area (TPSA) is 91.6 Å². The van der Waals surface area contributed by atoms with E-state index in [1.54, 1.807) is 6.07 Å². The van der Waals surface area contributed by atoms with Crippen LogP contribution in [0.5, 0.6) is 17.2 Å². The molecule has 0 aliphatic carbocycles. The molecule has 0 aromatic heterocycles. The second-order valence-corrected chi connectivity index (χ2v) is 5.72. The maximum atomic E-state index is 12.4. The zero-order valence-electron chi connectivity index (χ0n) is 15.1. The molecule has 2 N–H and O–H groups in total. The molecule has 0 aliphatic heterocycles. The maximum Gasteiger partial charge on any atom is 0.266 e. The van der Waals surface area contributed by atoms with E-state index in [9.17, 15) is 15.2 Å². The number of anilines is 1. The van der Waals surface area contributed by atoms with Crippen LogP contribution in [0.15, 0.2) is 35.9 Å². The monoisotopic (exact) mass is 352 g/mol. The van der Waals surface area contributed by atoms with Crippen molar-refractivity contribution in [2.24, 2.45) is 0 Å². The number of nitrogens with zero attached hydrogens (tertiary/aromatic N) is 1. The van der Waals surface area contributed by atoms with Crippen LogP contribution in [0.4, 0.5) is 5.69 Å². The van der Waals surface area contributed by atoms with Crippen molar-refractivity contribution in [1.82, 2.24) is 0 Å². The summed E-state index contributed by atoms with van der Waals surface area (Å²) in [5, 5.41) is 22.0. The molecule has 2 rings (SSSR count). The van der Waals surface area contributed by atoms with Crippen LogP contribution in [-0.2, 0) is 4.79 Å². The maximum absolute atomic E-state index is 12.4. The van der Waals surface area contributed by atoms with Gasteiger partial charge in [-0.1, -0.05) is 17.7 Å². The Hall–Kier alpha value is -3.46. The van der Waals surface area contributed by atoms with Gasteiger partial charge in [-0.05, 0) is 49.2 Å². The molecule has 0 bridgehead atoms. The van der Waals surface area contributed by atoms with Crippen molar-refractivity contribution in [2.75, 3.05) is 19.5 Å². The van der Waals surface area contributed by atoms with Gasteiger partial charge in [0.05, 0.1) is 14.2 Å². The summed E-state index contributed by atoms with van der Waals surface area (Å²) in [5.41, 5.74) is 3.04. The first-order valence-corrected chi connectivity index (χ1v) is 7.85. The fourth-order valence-electron chi connectivity index (χ4n) is 2.46. The molecule has 0 radical (unpaired) electrons. The molecule has 2 aromatic rings. The largest absolute Gasteiger partial charge is 0.502 e. The van der Waals surface area contributed by atoms with E-state index in [4.69, 9.17) is 9.47 Å². The number of nitriles is 1. The first kappa shape index (κ1) is 18.9. The number of hydrogen-bond acceptors (Lipinski definition) is 5. The number of phenols is 1. The average molecular weight is 352 g/mol. The Labute approximate surface area is 152 Å². The highest BCUT2D eigenvalue weighted by Crippen LogP contribution is 2.37. The summed E-state index contributed by atoms with van der Waals surface area (Å²) < 4.78 is 10.2. The molecule has 6 heteroatoms. The van der Waals surface area contributed by atoms with Crippen LogP contribution in [0.2, 0.25) is 0 Å². The number of ether oxygens (including phenoxy) is 2. The summed E-state index contributed by atoms with van der Waals surface area (Å²) in [6.45, 7) is 3.85. The summed E-state index contributed by atoms with van der Waals surface area (Å²) in [5.74, 6) is -0.304. The Balaban J connectivity index is 2.35. The van der Waals surface area contributed by atoms with E-state index in [0.29, 0.717) is 11.3 Å². The van der Waals surface area contributed by atoms with Crippen molar-refractivity contribution in [3.63, 3.8) is 0 Å². The zero-order chi connectivity index (χ0) is 19.3. The van der Waals surface area contributed by atoms with E-state index in [0.717, 1.165) is 11.1 Å². The molecule has 0 heterocycles. The highest BCUT2D eigenvalue weighted by atomic mass is 16.5. The molecule has 0 aliphatic rings. The van der Waals surface area contributed by atoms with Gasteiger partial charge < -0.3 is 19.9 Å². The number of rotatable bonds is 5. The molecular formula is C20H20N2O4.